The van der Waals surface area contributed by atoms with Gasteiger partial charge in [-0.25, -0.2) is 4.98 Å². The van der Waals surface area contributed by atoms with E-state index in [1.54, 1.807) is 18.3 Å². The number of hydrogen-bond acceptors (Lipinski definition) is 3. The van der Waals surface area contributed by atoms with Crippen molar-refractivity contribution in [2.75, 3.05) is 5.32 Å². The molecule has 1 N–H and O–H groups in total. The van der Waals surface area contributed by atoms with Crippen LogP contribution in [-0.4, -0.2) is 15.9 Å². The zero-order valence-electron chi connectivity index (χ0n) is 9.45. The van der Waals surface area contributed by atoms with Crippen molar-refractivity contribution in [2.45, 2.75) is 6.92 Å². The molecule has 18 heavy (non-hydrogen) atoms. The Balaban J connectivity index is 2.18. The van der Waals surface area contributed by atoms with E-state index in [9.17, 15) is 4.79 Å². The third kappa shape index (κ3) is 3.05. The molecular formula is C12H9BrClN3O. The molecule has 0 saturated heterocycles. The minimum absolute atomic E-state index is 0.255. The van der Waals surface area contributed by atoms with Gasteiger partial charge in [-0.15, -0.1) is 0 Å². The van der Waals surface area contributed by atoms with Gasteiger partial charge < -0.3 is 5.32 Å². The van der Waals surface area contributed by atoms with Gasteiger partial charge in [0.25, 0.3) is 5.91 Å². The fraction of sp³-hybridized carbons (Fsp3) is 0.0833. The molecule has 2 aromatic heterocycles. The molecule has 0 bridgehead atoms. The first-order valence-electron chi connectivity index (χ1n) is 5.11. The van der Waals surface area contributed by atoms with E-state index in [-0.39, 0.29) is 11.6 Å². The summed E-state index contributed by atoms with van der Waals surface area (Å²) in [5.41, 5.74) is 1.24. The monoisotopic (exact) mass is 325 g/mol. The van der Waals surface area contributed by atoms with Crippen LogP contribution in [0.5, 0.6) is 0 Å². The second-order valence-corrected chi connectivity index (χ2v) is 4.92. The van der Waals surface area contributed by atoms with Gasteiger partial charge in [0, 0.05) is 21.9 Å². The van der Waals surface area contributed by atoms with Gasteiger partial charge in [0.15, 0.2) is 0 Å². The normalized spacial score (nSPS) is 10.2. The molecule has 0 aliphatic heterocycles. The Morgan fingerprint density at radius 2 is 2.17 bits per heavy atom. The molecule has 0 aliphatic rings. The van der Waals surface area contributed by atoms with Crippen molar-refractivity contribution < 1.29 is 4.79 Å². The van der Waals surface area contributed by atoms with Gasteiger partial charge in [-0.1, -0.05) is 11.6 Å². The van der Waals surface area contributed by atoms with Crippen LogP contribution in [0.15, 0.2) is 35.1 Å². The molecule has 6 heteroatoms. The number of pyridine rings is 2. The molecule has 2 heterocycles. The van der Waals surface area contributed by atoms with Crippen LogP contribution in [-0.2, 0) is 0 Å². The van der Waals surface area contributed by atoms with Crippen LogP contribution in [0.2, 0.25) is 5.02 Å². The summed E-state index contributed by atoms with van der Waals surface area (Å²) in [7, 11) is 0. The van der Waals surface area contributed by atoms with Crippen molar-refractivity contribution in [1.29, 1.82) is 0 Å². The number of hydrogen-bond donors (Lipinski definition) is 1. The van der Waals surface area contributed by atoms with E-state index in [4.69, 9.17) is 11.6 Å². The SMILES string of the molecule is Cc1cc(NC(=O)c2cc(Cl)ccn2)ncc1Br. The molecule has 2 rings (SSSR count). The van der Waals surface area contributed by atoms with Crippen molar-refractivity contribution in [3.05, 3.63) is 51.3 Å². The molecule has 0 saturated carbocycles. The molecule has 2 aromatic rings. The van der Waals surface area contributed by atoms with E-state index in [2.05, 4.69) is 31.2 Å². The number of carbonyl (C=O) groups is 1. The van der Waals surface area contributed by atoms with Gasteiger partial charge in [-0.2, -0.15) is 0 Å². The summed E-state index contributed by atoms with van der Waals surface area (Å²) >= 11 is 9.14. The van der Waals surface area contributed by atoms with Crippen LogP contribution >= 0.6 is 27.5 Å². The lowest BCUT2D eigenvalue weighted by molar-refractivity contribution is 0.102. The zero-order valence-corrected chi connectivity index (χ0v) is 11.8. The zero-order chi connectivity index (χ0) is 13.1. The molecule has 1 amide bonds. The van der Waals surface area contributed by atoms with Gasteiger partial charge in [0.1, 0.15) is 11.5 Å². The van der Waals surface area contributed by atoms with Gasteiger partial charge in [-0.3, -0.25) is 9.78 Å². The molecule has 92 valence electrons. The van der Waals surface area contributed by atoms with Gasteiger partial charge in [0.05, 0.1) is 0 Å². The highest BCUT2D eigenvalue weighted by molar-refractivity contribution is 9.10. The van der Waals surface area contributed by atoms with E-state index in [1.165, 1.54) is 12.3 Å². The number of halogens is 2. The summed E-state index contributed by atoms with van der Waals surface area (Å²) in [5, 5.41) is 3.13. The summed E-state index contributed by atoms with van der Waals surface area (Å²) in [6, 6.07) is 4.88. The van der Waals surface area contributed by atoms with Gasteiger partial charge in [0.2, 0.25) is 0 Å². The Kier molecular flexibility index (Phi) is 3.93. The first kappa shape index (κ1) is 13.0. The lowest BCUT2D eigenvalue weighted by Crippen LogP contribution is -2.14. The van der Waals surface area contributed by atoms with Crippen molar-refractivity contribution in [3.8, 4) is 0 Å². The highest BCUT2D eigenvalue weighted by Crippen LogP contribution is 2.17. The van der Waals surface area contributed by atoms with Crippen LogP contribution in [0.1, 0.15) is 16.1 Å². The maximum absolute atomic E-state index is 11.9. The summed E-state index contributed by atoms with van der Waals surface area (Å²) in [6.07, 6.45) is 3.12. The predicted octanol–water partition coefficient (Wildman–Crippen LogP) is 3.45. The van der Waals surface area contributed by atoms with Crippen molar-refractivity contribution >= 4 is 39.3 Å². The minimum Gasteiger partial charge on any atom is -0.305 e. The Labute approximate surface area is 118 Å². The minimum atomic E-state index is -0.341. The summed E-state index contributed by atoms with van der Waals surface area (Å²) in [4.78, 5) is 19.9. The predicted molar refractivity (Wildman–Crippen MR) is 73.9 cm³/mol. The molecule has 0 aromatic carbocycles. The smallest absolute Gasteiger partial charge is 0.275 e. The van der Waals surface area contributed by atoms with E-state index in [1.807, 2.05) is 6.92 Å². The van der Waals surface area contributed by atoms with Crippen LogP contribution in [0, 0.1) is 6.92 Å². The van der Waals surface area contributed by atoms with Gasteiger partial charge >= 0.3 is 0 Å². The number of aromatic nitrogens is 2. The fourth-order valence-corrected chi connectivity index (χ4v) is 1.69. The van der Waals surface area contributed by atoms with E-state index >= 15 is 0 Å². The van der Waals surface area contributed by atoms with Crippen molar-refractivity contribution in [1.82, 2.24) is 9.97 Å². The molecular weight excluding hydrogens is 318 g/mol. The standard InChI is InChI=1S/C12H9BrClN3O/c1-7-4-11(16-6-9(7)13)17-12(18)10-5-8(14)2-3-15-10/h2-6H,1H3,(H,16,17,18). The molecule has 0 spiro atoms. The van der Waals surface area contributed by atoms with Crippen LogP contribution < -0.4 is 5.32 Å². The summed E-state index contributed by atoms with van der Waals surface area (Å²) < 4.78 is 0.890. The first-order chi connectivity index (χ1) is 8.56. The Hall–Kier alpha value is -1.46. The van der Waals surface area contributed by atoms with Gasteiger partial charge in [-0.05, 0) is 46.6 Å². The Morgan fingerprint density at radius 3 is 2.83 bits per heavy atom. The summed E-state index contributed by atoms with van der Waals surface area (Å²) in [6.45, 7) is 1.92. The highest BCUT2D eigenvalue weighted by Gasteiger charge is 2.09. The molecule has 0 unspecified atom stereocenters. The molecule has 0 radical (unpaired) electrons. The summed E-state index contributed by atoms with van der Waals surface area (Å²) in [5.74, 6) is 0.134. The number of amides is 1. The second-order valence-electron chi connectivity index (χ2n) is 3.63. The number of nitrogens with one attached hydrogen (secondary N) is 1. The third-order valence-corrected chi connectivity index (χ3v) is 3.31. The molecule has 4 nitrogen and oxygen atoms in total. The molecule has 0 aliphatic carbocycles. The average Bonchev–Trinajstić information content (AvgIpc) is 2.34. The van der Waals surface area contributed by atoms with Crippen molar-refractivity contribution in [2.24, 2.45) is 0 Å². The largest absolute Gasteiger partial charge is 0.305 e. The van der Waals surface area contributed by atoms with Crippen molar-refractivity contribution in [3.63, 3.8) is 0 Å². The Morgan fingerprint density at radius 1 is 1.39 bits per heavy atom. The topological polar surface area (TPSA) is 54.9 Å². The quantitative estimate of drug-likeness (QED) is 0.919. The van der Waals surface area contributed by atoms with E-state index in [0.29, 0.717) is 10.8 Å². The maximum atomic E-state index is 11.9. The van der Waals surface area contributed by atoms with E-state index < -0.39 is 0 Å². The average molecular weight is 327 g/mol. The van der Waals surface area contributed by atoms with E-state index in [0.717, 1.165) is 10.0 Å². The van der Waals surface area contributed by atoms with Crippen LogP contribution in [0.3, 0.4) is 0 Å². The fourth-order valence-electron chi connectivity index (χ4n) is 1.32. The third-order valence-electron chi connectivity index (χ3n) is 2.24. The number of nitrogens with zero attached hydrogens (tertiary/aromatic N) is 2. The highest BCUT2D eigenvalue weighted by atomic mass is 79.9. The van der Waals surface area contributed by atoms with Crippen LogP contribution in [0.25, 0.3) is 0 Å². The lowest BCUT2D eigenvalue weighted by Gasteiger charge is -2.05. The number of aryl methyl sites for hydroxylation is 1. The molecule has 0 fully saturated rings. The first-order valence-corrected chi connectivity index (χ1v) is 6.28. The number of rotatable bonds is 2. The Bertz CT molecular complexity index is 604. The molecule has 0 atom stereocenters. The second kappa shape index (κ2) is 5.46. The lowest BCUT2D eigenvalue weighted by atomic mass is 10.3. The van der Waals surface area contributed by atoms with Crippen LogP contribution in [0.4, 0.5) is 5.82 Å². The maximum Gasteiger partial charge on any atom is 0.275 e. The number of anilines is 1. The number of carbonyl (C=O) groups excluding carboxylic acids is 1.